The fraction of sp³-hybridized carbons (Fsp3) is 0.533. The zero-order valence-corrected chi connectivity index (χ0v) is 11.7. The molecule has 3 nitrogen and oxygen atoms in total. The summed E-state index contributed by atoms with van der Waals surface area (Å²) in [6, 6.07) is 3.96. The van der Waals surface area contributed by atoms with Crippen LogP contribution in [0.4, 0.5) is 8.78 Å². The van der Waals surface area contributed by atoms with Crippen molar-refractivity contribution < 1.29 is 13.6 Å². The molecule has 0 spiro atoms. The molecule has 1 atom stereocenters. The van der Waals surface area contributed by atoms with Crippen molar-refractivity contribution in [1.29, 1.82) is 0 Å². The van der Waals surface area contributed by atoms with Gasteiger partial charge >= 0.3 is 0 Å². The third-order valence-electron chi connectivity index (χ3n) is 3.74. The van der Waals surface area contributed by atoms with Gasteiger partial charge in [-0.25, -0.2) is 8.78 Å². The summed E-state index contributed by atoms with van der Waals surface area (Å²) >= 11 is 0. The molecule has 110 valence electrons. The van der Waals surface area contributed by atoms with Gasteiger partial charge < -0.3 is 10.2 Å². The summed E-state index contributed by atoms with van der Waals surface area (Å²) < 4.78 is 26.7. The Labute approximate surface area is 118 Å². The molecule has 1 aromatic carbocycles. The zero-order chi connectivity index (χ0) is 14.5. The van der Waals surface area contributed by atoms with Gasteiger partial charge in [0.25, 0.3) is 0 Å². The average Bonchev–Trinajstić information content (AvgIpc) is 2.44. The number of carbonyl (C=O) groups is 1. The van der Waals surface area contributed by atoms with E-state index in [4.69, 9.17) is 0 Å². The number of carbonyl (C=O) groups excluding carboxylic acids is 1. The molecular formula is C15H20F2N2O. The number of hydrogen-bond acceptors (Lipinski definition) is 2. The molecule has 1 saturated heterocycles. The van der Waals surface area contributed by atoms with Crippen LogP contribution in [-0.2, 0) is 11.2 Å². The van der Waals surface area contributed by atoms with Crippen molar-refractivity contribution in [2.75, 3.05) is 26.7 Å². The summed E-state index contributed by atoms with van der Waals surface area (Å²) in [6.07, 6.45) is 1.98. The maximum absolute atomic E-state index is 13.6. The summed E-state index contributed by atoms with van der Waals surface area (Å²) in [4.78, 5) is 14.0. The molecule has 0 bridgehead atoms. The maximum atomic E-state index is 13.6. The minimum atomic E-state index is -0.912. The Kier molecular flexibility index (Phi) is 5.06. The molecule has 1 N–H and O–H groups in total. The Balaban J connectivity index is 1.99. The van der Waals surface area contributed by atoms with Crippen LogP contribution in [0, 0.1) is 17.6 Å². The average molecular weight is 282 g/mol. The second-order valence-electron chi connectivity index (χ2n) is 5.30. The summed E-state index contributed by atoms with van der Waals surface area (Å²) in [7, 11) is 1.89. The van der Waals surface area contributed by atoms with Gasteiger partial charge in [-0.05, 0) is 38.4 Å². The highest BCUT2D eigenvalue weighted by atomic mass is 19.2. The van der Waals surface area contributed by atoms with Crippen LogP contribution in [-0.4, -0.2) is 37.5 Å². The first-order valence-corrected chi connectivity index (χ1v) is 6.97. The molecule has 1 aliphatic rings. The first-order valence-electron chi connectivity index (χ1n) is 6.97. The first kappa shape index (κ1) is 14.9. The number of likely N-dealkylation sites (tertiary alicyclic amines) is 1. The highest BCUT2D eigenvalue weighted by Crippen LogP contribution is 2.18. The van der Waals surface area contributed by atoms with Crippen LogP contribution in [0.3, 0.4) is 0 Å². The SMILES string of the molecule is CNCC1CCCN(C(=O)Cc2cccc(F)c2F)C1. The van der Waals surface area contributed by atoms with Crippen LogP contribution in [0.25, 0.3) is 0 Å². The van der Waals surface area contributed by atoms with E-state index in [-0.39, 0.29) is 17.9 Å². The third-order valence-corrected chi connectivity index (χ3v) is 3.74. The Bertz CT molecular complexity index is 477. The van der Waals surface area contributed by atoms with Crippen molar-refractivity contribution in [2.24, 2.45) is 5.92 Å². The number of halogens is 2. The van der Waals surface area contributed by atoms with Crippen LogP contribution < -0.4 is 5.32 Å². The highest BCUT2D eigenvalue weighted by Gasteiger charge is 2.24. The highest BCUT2D eigenvalue weighted by molar-refractivity contribution is 5.79. The number of hydrogen-bond donors (Lipinski definition) is 1. The zero-order valence-electron chi connectivity index (χ0n) is 11.7. The number of amides is 1. The van der Waals surface area contributed by atoms with Crippen LogP contribution in [0.2, 0.25) is 0 Å². The number of benzene rings is 1. The summed E-state index contributed by atoms with van der Waals surface area (Å²) in [5.74, 6) is -1.50. The van der Waals surface area contributed by atoms with E-state index in [0.717, 1.165) is 25.5 Å². The molecule has 20 heavy (non-hydrogen) atoms. The predicted molar refractivity (Wildman–Crippen MR) is 73.3 cm³/mol. The lowest BCUT2D eigenvalue weighted by molar-refractivity contribution is -0.132. The van der Waals surface area contributed by atoms with Gasteiger partial charge in [0.15, 0.2) is 11.6 Å². The van der Waals surface area contributed by atoms with Gasteiger partial charge in [0.1, 0.15) is 0 Å². The van der Waals surface area contributed by atoms with Crippen LogP contribution in [0.1, 0.15) is 18.4 Å². The number of rotatable bonds is 4. The monoisotopic (exact) mass is 282 g/mol. The topological polar surface area (TPSA) is 32.3 Å². The summed E-state index contributed by atoms with van der Waals surface area (Å²) in [5.41, 5.74) is 0.130. The summed E-state index contributed by atoms with van der Waals surface area (Å²) in [6.45, 7) is 2.27. The van der Waals surface area contributed by atoms with E-state index in [1.807, 2.05) is 7.05 Å². The van der Waals surface area contributed by atoms with Gasteiger partial charge in [0.05, 0.1) is 6.42 Å². The second kappa shape index (κ2) is 6.79. The number of piperidine rings is 1. The Morgan fingerprint density at radius 2 is 2.25 bits per heavy atom. The van der Waals surface area contributed by atoms with Gasteiger partial charge in [-0.1, -0.05) is 12.1 Å². The molecule has 0 saturated carbocycles. The van der Waals surface area contributed by atoms with Gasteiger partial charge in [0.2, 0.25) is 5.91 Å². The van der Waals surface area contributed by atoms with E-state index in [1.54, 1.807) is 4.90 Å². The van der Waals surface area contributed by atoms with E-state index in [0.29, 0.717) is 19.0 Å². The lowest BCUT2D eigenvalue weighted by Crippen LogP contribution is -2.43. The first-order chi connectivity index (χ1) is 9.61. The predicted octanol–water partition coefficient (Wildman–Crippen LogP) is 1.97. The molecule has 0 radical (unpaired) electrons. The van der Waals surface area contributed by atoms with Crippen LogP contribution in [0.5, 0.6) is 0 Å². The number of nitrogens with zero attached hydrogens (tertiary/aromatic N) is 1. The van der Waals surface area contributed by atoms with Crippen molar-refractivity contribution in [3.63, 3.8) is 0 Å². The van der Waals surface area contributed by atoms with Gasteiger partial charge in [-0.3, -0.25) is 4.79 Å². The second-order valence-corrected chi connectivity index (χ2v) is 5.30. The molecule has 1 aliphatic heterocycles. The van der Waals surface area contributed by atoms with Gasteiger partial charge in [-0.15, -0.1) is 0 Å². The van der Waals surface area contributed by atoms with Crippen molar-refractivity contribution in [3.05, 3.63) is 35.4 Å². The fourth-order valence-corrected chi connectivity index (χ4v) is 2.71. The standard InChI is InChI=1S/C15H20F2N2O/c1-18-9-11-4-3-7-19(10-11)14(20)8-12-5-2-6-13(16)15(12)17/h2,5-6,11,18H,3-4,7-10H2,1H3. The minimum Gasteiger partial charge on any atom is -0.342 e. The Morgan fingerprint density at radius 3 is 3.00 bits per heavy atom. The third kappa shape index (κ3) is 3.54. The van der Waals surface area contributed by atoms with Crippen molar-refractivity contribution in [2.45, 2.75) is 19.3 Å². The van der Waals surface area contributed by atoms with Gasteiger partial charge in [-0.2, -0.15) is 0 Å². The largest absolute Gasteiger partial charge is 0.342 e. The van der Waals surface area contributed by atoms with Crippen molar-refractivity contribution >= 4 is 5.91 Å². The van der Waals surface area contributed by atoms with Crippen molar-refractivity contribution in [1.82, 2.24) is 10.2 Å². The van der Waals surface area contributed by atoms with E-state index in [2.05, 4.69) is 5.32 Å². The number of nitrogens with one attached hydrogen (secondary N) is 1. The smallest absolute Gasteiger partial charge is 0.227 e. The molecule has 1 amide bonds. The molecule has 0 aromatic heterocycles. The Hall–Kier alpha value is -1.49. The van der Waals surface area contributed by atoms with E-state index < -0.39 is 11.6 Å². The Morgan fingerprint density at radius 1 is 1.45 bits per heavy atom. The van der Waals surface area contributed by atoms with Crippen molar-refractivity contribution in [3.8, 4) is 0 Å². The van der Waals surface area contributed by atoms with Crippen LogP contribution >= 0.6 is 0 Å². The minimum absolute atomic E-state index is 0.0735. The lowest BCUT2D eigenvalue weighted by atomic mass is 9.97. The molecular weight excluding hydrogens is 262 g/mol. The molecule has 5 heteroatoms. The molecule has 2 rings (SSSR count). The maximum Gasteiger partial charge on any atom is 0.227 e. The van der Waals surface area contributed by atoms with E-state index in [1.165, 1.54) is 12.1 Å². The molecule has 1 unspecified atom stereocenters. The molecule has 1 fully saturated rings. The van der Waals surface area contributed by atoms with E-state index >= 15 is 0 Å². The fourth-order valence-electron chi connectivity index (χ4n) is 2.71. The molecule has 1 aromatic rings. The summed E-state index contributed by atoms with van der Waals surface area (Å²) in [5, 5.41) is 3.12. The molecule has 0 aliphatic carbocycles. The quantitative estimate of drug-likeness (QED) is 0.915. The lowest BCUT2D eigenvalue weighted by Gasteiger charge is -2.32. The van der Waals surface area contributed by atoms with Gasteiger partial charge in [0, 0.05) is 18.7 Å². The normalized spacial score (nSPS) is 19.1. The molecule has 1 heterocycles. The van der Waals surface area contributed by atoms with E-state index in [9.17, 15) is 13.6 Å². The van der Waals surface area contributed by atoms with Crippen LogP contribution in [0.15, 0.2) is 18.2 Å².